The standard InChI is InChI=1S/C15H21N5O/c1-4-16-14-7-11(2)18-9-13(14)15(21)17-6-5-12-8-19-20(3)10-12/h7-10H,4-6H2,1-3H3,(H,16,18)(H,17,21). The van der Waals surface area contributed by atoms with Crippen molar-refractivity contribution < 1.29 is 4.79 Å². The average Bonchev–Trinajstić information content (AvgIpc) is 2.85. The second-order valence-corrected chi connectivity index (χ2v) is 4.93. The van der Waals surface area contributed by atoms with E-state index in [1.807, 2.05) is 39.4 Å². The molecule has 2 aromatic heterocycles. The smallest absolute Gasteiger partial charge is 0.254 e. The van der Waals surface area contributed by atoms with Crippen LogP contribution in [0.1, 0.15) is 28.5 Å². The summed E-state index contributed by atoms with van der Waals surface area (Å²) in [4.78, 5) is 16.4. The number of nitrogens with zero attached hydrogens (tertiary/aromatic N) is 3. The Bertz CT molecular complexity index is 620. The van der Waals surface area contributed by atoms with E-state index in [1.54, 1.807) is 10.9 Å². The third-order valence-electron chi connectivity index (χ3n) is 3.11. The second-order valence-electron chi connectivity index (χ2n) is 4.93. The van der Waals surface area contributed by atoms with Gasteiger partial charge in [0.15, 0.2) is 0 Å². The summed E-state index contributed by atoms with van der Waals surface area (Å²) in [5.41, 5.74) is 3.39. The minimum absolute atomic E-state index is 0.109. The van der Waals surface area contributed by atoms with E-state index >= 15 is 0 Å². The molecule has 2 N–H and O–H groups in total. The minimum Gasteiger partial charge on any atom is -0.385 e. The van der Waals surface area contributed by atoms with Crippen LogP contribution in [0.3, 0.4) is 0 Å². The maximum absolute atomic E-state index is 12.2. The maximum atomic E-state index is 12.2. The van der Waals surface area contributed by atoms with Gasteiger partial charge in [0.05, 0.1) is 17.4 Å². The Kier molecular flexibility index (Phi) is 4.92. The van der Waals surface area contributed by atoms with Gasteiger partial charge in [-0.25, -0.2) is 0 Å². The number of hydrogen-bond donors (Lipinski definition) is 2. The first-order chi connectivity index (χ1) is 10.1. The largest absolute Gasteiger partial charge is 0.385 e. The highest BCUT2D eigenvalue weighted by Gasteiger charge is 2.11. The molecule has 0 bridgehead atoms. The lowest BCUT2D eigenvalue weighted by Crippen LogP contribution is -2.26. The summed E-state index contributed by atoms with van der Waals surface area (Å²) in [6, 6.07) is 1.89. The van der Waals surface area contributed by atoms with Crippen LogP contribution < -0.4 is 10.6 Å². The van der Waals surface area contributed by atoms with Gasteiger partial charge in [-0.3, -0.25) is 14.5 Å². The second kappa shape index (κ2) is 6.88. The molecule has 0 aliphatic heterocycles. The molecular formula is C15H21N5O. The van der Waals surface area contributed by atoms with Gasteiger partial charge >= 0.3 is 0 Å². The summed E-state index contributed by atoms with van der Waals surface area (Å²) in [6.45, 7) is 5.24. The molecule has 0 aromatic carbocycles. The Labute approximate surface area is 124 Å². The summed E-state index contributed by atoms with van der Waals surface area (Å²) in [5.74, 6) is -0.109. The number of carbonyl (C=O) groups is 1. The Hall–Kier alpha value is -2.37. The first-order valence-corrected chi connectivity index (χ1v) is 7.06. The predicted octanol–water partition coefficient (Wildman–Crippen LogP) is 1.53. The first-order valence-electron chi connectivity index (χ1n) is 7.06. The van der Waals surface area contributed by atoms with Gasteiger partial charge in [0.1, 0.15) is 0 Å². The molecule has 0 atom stereocenters. The van der Waals surface area contributed by atoms with Crippen molar-refractivity contribution in [2.75, 3.05) is 18.4 Å². The summed E-state index contributed by atoms with van der Waals surface area (Å²) in [6.07, 6.45) is 6.13. The number of nitrogens with one attached hydrogen (secondary N) is 2. The van der Waals surface area contributed by atoms with Crippen LogP contribution in [0.2, 0.25) is 0 Å². The Morgan fingerprint density at radius 3 is 2.86 bits per heavy atom. The molecule has 0 radical (unpaired) electrons. The van der Waals surface area contributed by atoms with E-state index in [4.69, 9.17) is 0 Å². The number of aromatic nitrogens is 3. The molecule has 21 heavy (non-hydrogen) atoms. The van der Waals surface area contributed by atoms with E-state index < -0.39 is 0 Å². The number of anilines is 1. The Balaban J connectivity index is 1.96. The lowest BCUT2D eigenvalue weighted by Gasteiger charge is -2.11. The highest BCUT2D eigenvalue weighted by Crippen LogP contribution is 2.15. The zero-order chi connectivity index (χ0) is 15.2. The van der Waals surface area contributed by atoms with E-state index in [0.717, 1.165) is 29.9 Å². The SMILES string of the molecule is CCNc1cc(C)ncc1C(=O)NCCc1cnn(C)c1. The quantitative estimate of drug-likeness (QED) is 0.845. The van der Waals surface area contributed by atoms with Gasteiger partial charge in [-0.2, -0.15) is 5.10 Å². The number of aryl methyl sites for hydroxylation is 2. The summed E-state index contributed by atoms with van der Waals surface area (Å²) in [7, 11) is 1.88. The fraction of sp³-hybridized carbons (Fsp3) is 0.400. The van der Waals surface area contributed by atoms with Crippen molar-refractivity contribution in [1.82, 2.24) is 20.1 Å². The van der Waals surface area contributed by atoms with E-state index in [0.29, 0.717) is 12.1 Å². The molecular weight excluding hydrogens is 266 g/mol. The highest BCUT2D eigenvalue weighted by atomic mass is 16.1. The highest BCUT2D eigenvalue weighted by molar-refractivity contribution is 5.99. The third-order valence-corrected chi connectivity index (χ3v) is 3.11. The molecule has 0 spiro atoms. The Morgan fingerprint density at radius 1 is 1.38 bits per heavy atom. The average molecular weight is 287 g/mol. The number of carbonyl (C=O) groups excluding carboxylic acids is 1. The van der Waals surface area contributed by atoms with Crippen molar-refractivity contribution in [3.8, 4) is 0 Å². The summed E-state index contributed by atoms with van der Waals surface area (Å²) >= 11 is 0. The number of rotatable bonds is 6. The molecule has 112 valence electrons. The van der Waals surface area contributed by atoms with E-state index in [2.05, 4.69) is 20.7 Å². The van der Waals surface area contributed by atoms with Crippen LogP contribution in [0.4, 0.5) is 5.69 Å². The lowest BCUT2D eigenvalue weighted by molar-refractivity contribution is 0.0954. The van der Waals surface area contributed by atoms with E-state index in [9.17, 15) is 4.79 Å². The predicted molar refractivity (Wildman–Crippen MR) is 82.4 cm³/mol. The van der Waals surface area contributed by atoms with Crippen molar-refractivity contribution in [3.05, 3.63) is 41.5 Å². The molecule has 2 aromatic rings. The summed E-state index contributed by atoms with van der Waals surface area (Å²) in [5, 5.41) is 10.2. The molecule has 0 aliphatic carbocycles. The van der Waals surface area contributed by atoms with Gasteiger partial charge in [0.25, 0.3) is 5.91 Å². The van der Waals surface area contributed by atoms with Crippen molar-refractivity contribution in [3.63, 3.8) is 0 Å². The summed E-state index contributed by atoms with van der Waals surface area (Å²) < 4.78 is 1.75. The first kappa shape index (κ1) is 15.0. The third kappa shape index (κ3) is 4.05. The van der Waals surface area contributed by atoms with Crippen molar-refractivity contribution >= 4 is 11.6 Å². The molecule has 0 saturated carbocycles. The van der Waals surface area contributed by atoms with Gasteiger partial charge < -0.3 is 10.6 Å². The van der Waals surface area contributed by atoms with Gasteiger partial charge in [-0.1, -0.05) is 0 Å². The van der Waals surface area contributed by atoms with E-state index in [-0.39, 0.29) is 5.91 Å². The zero-order valence-electron chi connectivity index (χ0n) is 12.7. The van der Waals surface area contributed by atoms with Gasteiger partial charge in [-0.15, -0.1) is 0 Å². The van der Waals surface area contributed by atoms with Crippen LogP contribution in [0.25, 0.3) is 0 Å². The van der Waals surface area contributed by atoms with Crippen LogP contribution >= 0.6 is 0 Å². The zero-order valence-corrected chi connectivity index (χ0v) is 12.7. The monoisotopic (exact) mass is 287 g/mol. The fourth-order valence-corrected chi connectivity index (χ4v) is 2.09. The molecule has 2 rings (SSSR count). The maximum Gasteiger partial charge on any atom is 0.254 e. The molecule has 6 nitrogen and oxygen atoms in total. The van der Waals surface area contributed by atoms with Gasteiger partial charge in [0.2, 0.25) is 0 Å². The fourth-order valence-electron chi connectivity index (χ4n) is 2.09. The van der Waals surface area contributed by atoms with Gasteiger partial charge in [-0.05, 0) is 31.9 Å². The van der Waals surface area contributed by atoms with E-state index in [1.165, 1.54) is 0 Å². The minimum atomic E-state index is -0.109. The molecule has 0 aliphatic rings. The molecule has 6 heteroatoms. The number of amides is 1. The number of pyridine rings is 1. The topological polar surface area (TPSA) is 71.8 Å². The van der Waals surface area contributed by atoms with Crippen molar-refractivity contribution in [2.24, 2.45) is 7.05 Å². The lowest BCUT2D eigenvalue weighted by atomic mass is 10.2. The Morgan fingerprint density at radius 2 is 2.19 bits per heavy atom. The van der Waals surface area contributed by atoms with Crippen molar-refractivity contribution in [2.45, 2.75) is 20.3 Å². The molecule has 2 heterocycles. The van der Waals surface area contributed by atoms with Crippen LogP contribution in [-0.4, -0.2) is 33.8 Å². The van der Waals surface area contributed by atoms with Crippen LogP contribution in [0.5, 0.6) is 0 Å². The molecule has 0 fully saturated rings. The molecule has 0 saturated heterocycles. The van der Waals surface area contributed by atoms with Crippen LogP contribution in [0, 0.1) is 6.92 Å². The number of hydrogen-bond acceptors (Lipinski definition) is 4. The van der Waals surface area contributed by atoms with Crippen LogP contribution in [0.15, 0.2) is 24.7 Å². The molecule has 1 amide bonds. The molecule has 0 unspecified atom stereocenters. The van der Waals surface area contributed by atoms with Gasteiger partial charge in [0, 0.05) is 38.2 Å². The van der Waals surface area contributed by atoms with Crippen molar-refractivity contribution in [1.29, 1.82) is 0 Å². The normalized spacial score (nSPS) is 10.4. The van der Waals surface area contributed by atoms with Crippen LogP contribution in [-0.2, 0) is 13.5 Å².